The van der Waals surface area contributed by atoms with Crippen molar-refractivity contribution in [1.82, 2.24) is 14.5 Å². The average Bonchev–Trinajstić information content (AvgIpc) is 3.64. The summed E-state index contributed by atoms with van der Waals surface area (Å²) in [6.45, 7) is 21.2. The van der Waals surface area contributed by atoms with Gasteiger partial charge in [-0.15, -0.1) is 29.3 Å². The number of phenolic OH excluding ortho intramolecular Hbond substituents is 1. The number of benzene rings is 6. The zero-order chi connectivity index (χ0) is 47.7. The van der Waals surface area contributed by atoms with Gasteiger partial charge in [-0.25, -0.2) is 4.98 Å². The maximum atomic E-state index is 12.5. The van der Waals surface area contributed by atoms with E-state index < -0.39 is 12.7 Å². The van der Waals surface area contributed by atoms with Crippen molar-refractivity contribution in [3.05, 3.63) is 167 Å². The molecule has 63 heavy (non-hydrogen) atoms. The topological polar surface area (TPSA) is 50.9 Å². The van der Waals surface area contributed by atoms with E-state index >= 15 is 0 Å². The summed E-state index contributed by atoms with van der Waals surface area (Å²) in [7, 11) is 0. The van der Waals surface area contributed by atoms with Crippen LogP contribution in [0, 0.1) is 12.9 Å². The van der Waals surface area contributed by atoms with Crippen molar-refractivity contribution in [2.45, 2.75) is 105 Å². The Labute approximate surface area is 395 Å². The summed E-state index contributed by atoms with van der Waals surface area (Å²) in [4.78, 5) is 10.5. The number of hydrogen-bond donors (Lipinski definition) is 1. The summed E-state index contributed by atoms with van der Waals surface area (Å²) in [5.41, 5.74) is 13.6. The molecule has 0 unspecified atom stereocenters. The zero-order valence-electron chi connectivity index (χ0n) is 42.3. The molecule has 0 radical (unpaired) electrons. The van der Waals surface area contributed by atoms with Crippen LogP contribution in [0.3, 0.4) is 0 Å². The van der Waals surface area contributed by atoms with Crippen LogP contribution in [0.5, 0.6) is 5.75 Å². The SMILES string of the molecule is [2H]C([2H])([2H])c1ccc(-c2ccnc(-c3[c-]c(-c4cccc5c4nc(-c4cc(C(C)(C)C)cc(C(C)(C)C)c4O)n5-c4ccc(C([2H])(C)C)cc4-c4ccccc4)cc(C(C)(C)C)c3)c2)cc1.[Pt]. The minimum atomic E-state index is -2.18. The molecule has 0 aliphatic rings. The third-order valence-electron chi connectivity index (χ3n) is 11.9. The maximum absolute atomic E-state index is 12.5. The summed E-state index contributed by atoms with van der Waals surface area (Å²) in [6, 6.07) is 46.2. The molecule has 0 saturated carbocycles. The van der Waals surface area contributed by atoms with Gasteiger partial charge >= 0.3 is 0 Å². The Kier molecular flexibility index (Phi) is 11.0. The van der Waals surface area contributed by atoms with Crippen molar-refractivity contribution in [3.63, 3.8) is 0 Å². The molecule has 5 heteroatoms. The van der Waals surface area contributed by atoms with E-state index in [4.69, 9.17) is 15.5 Å². The number of rotatable bonds is 7. The molecule has 1 N–H and O–H groups in total. The fourth-order valence-electron chi connectivity index (χ4n) is 8.15. The molecule has 6 aromatic carbocycles. The van der Waals surface area contributed by atoms with Crippen molar-refractivity contribution in [2.75, 3.05) is 0 Å². The van der Waals surface area contributed by atoms with Crippen LogP contribution in [0.1, 0.15) is 115 Å². The third kappa shape index (κ3) is 9.11. The quantitative estimate of drug-likeness (QED) is 0.162. The minimum Gasteiger partial charge on any atom is -0.507 e. The first-order valence-corrected chi connectivity index (χ1v) is 21.5. The summed E-state index contributed by atoms with van der Waals surface area (Å²) < 4.78 is 34.8. The van der Waals surface area contributed by atoms with Gasteiger partial charge in [0.1, 0.15) is 11.6 Å². The Bertz CT molecular complexity index is 3110. The summed E-state index contributed by atoms with van der Waals surface area (Å²) in [5.74, 6) is -0.0469. The summed E-state index contributed by atoms with van der Waals surface area (Å²) >= 11 is 0. The van der Waals surface area contributed by atoms with E-state index in [-0.39, 0.29) is 43.1 Å². The van der Waals surface area contributed by atoms with E-state index in [9.17, 15) is 5.11 Å². The van der Waals surface area contributed by atoms with Crippen molar-refractivity contribution in [2.24, 2.45) is 0 Å². The number of aromatic nitrogens is 3. The van der Waals surface area contributed by atoms with Gasteiger partial charge in [0.05, 0.1) is 22.3 Å². The fraction of sp³-hybridized carbons (Fsp3) is 0.276. The Hall–Kier alpha value is -5.57. The summed E-state index contributed by atoms with van der Waals surface area (Å²) in [6.07, 6.45) is 1.79. The molecule has 0 saturated heterocycles. The maximum Gasteiger partial charge on any atom is 0.148 e. The molecule has 0 amide bonds. The first-order valence-electron chi connectivity index (χ1n) is 23.5. The second kappa shape index (κ2) is 17.2. The van der Waals surface area contributed by atoms with Crippen LogP contribution in [0.15, 0.2) is 134 Å². The van der Waals surface area contributed by atoms with Gasteiger partial charge in [0.15, 0.2) is 0 Å². The van der Waals surface area contributed by atoms with Gasteiger partial charge in [-0.05, 0) is 87.1 Å². The Balaban J connectivity index is 0.00000666. The molecule has 324 valence electrons. The fourth-order valence-corrected chi connectivity index (χ4v) is 8.15. The van der Waals surface area contributed by atoms with Crippen molar-refractivity contribution in [3.8, 4) is 67.5 Å². The number of pyridine rings is 1. The van der Waals surface area contributed by atoms with E-state index in [2.05, 4.69) is 140 Å². The van der Waals surface area contributed by atoms with Crippen LogP contribution < -0.4 is 0 Å². The predicted molar refractivity (Wildman–Crippen MR) is 261 cm³/mol. The number of fused-ring (bicyclic) bond motifs is 1. The molecule has 0 bridgehead atoms. The van der Waals surface area contributed by atoms with E-state index in [1.807, 2.05) is 62.4 Å². The monoisotopic (exact) mass is 1010 g/mol. The molecular formula is C58H60N3OPt-. The van der Waals surface area contributed by atoms with Gasteiger partial charge in [-0.1, -0.05) is 178 Å². The average molecular weight is 1010 g/mol. The van der Waals surface area contributed by atoms with Crippen LogP contribution in [-0.2, 0) is 37.3 Å². The van der Waals surface area contributed by atoms with Crippen molar-refractivity contribution in [1.29, 1.82) is 0 Å². The van der Waals surface area contributed by atoms with Gasteiger partial charge in [0.25, 0.3) is 0 Å². The third-order valence-corrected chi connectivity index (χ3v) is 11.9. The molecular weight excluding hydrogens is 950 g/mol. The van der Waals surface area contributed by atoms with E-state index in [0.717, 1.165) is 83.6 Å². The van der Waals surface area contributed by atoms with Crippen LogP contribution >= 0.6 is 0 Å². The Morgan fingerprint density at radius 1 is 0.635 bits per heavy atom. The van der Waals surface area contributed by atoms with Crippen molar-refractivity contribution < 1.29 is 31.7 Å². The molecule has 2 heterocycles. The molecule has 0 atom stereocenters. The molecule has 4 nitrogen and oxygen atoms in total. The normalized spacial score (nSPS) is 13.5. The number of para-hydroxylation sites is 1. The molecule has 8 rings (SSSR count). The van der Waals surface area contributed by atoms with Gasteiger partial charge in [0.2, 0.25) is 0 Å². The number of imidazole rings is 1. The minimum absolute atomic E-state index is 0. The Morgan fingerprint density at radius 3 is 1.97 bits per heavy atom. The molecule has 0 aliphatic heterocycles. The number of aromatic hydroxyl groups is 1. The van der Waals surface area contributed by atoms with E-state index in [1.54, 1.807) is 18.3 Å². The first kappa shape index (κ1) is 40.2. The molecule has 0 aliphatic carbocycles. The van der Waals surface area contributed by atoms with E-state index in [1.165, 1.54) is 0 Å². The molecule has 8 aromatic rings. The largest absolute Gasteiger partial charge is 0.507 e. The molecule has 2 aromatic heterocycles. The first-order chi connectivity index (χ1) is 30.8. The van der Waals surface area contributed by atoms with Crippen LogP contribution in [-0.4, -0.2) is 19.6 Å². The predicted octanol–water partition coefficient (Wildman–Crippen LogP) is 15.6. The number of aryl methyl sites for hydroxylation is 1. The second-order valence-corrected chi connectivity index (χ2v) is 19.9. The number of hydrogen-bond acceptors (Lipinski definition) is 3. The standard InChI is InChI=1S/C58H60N3O.Pt/c1-36(2)40-25-26-51(47(32-40)39-17-14-13-15-18-39)61-52-20-16-19-46(53(52)60-55(61)48-34-45(57(7,8)9)35-49(54(48)62)58(10,11)12)42-29-43(31-44(30-42)56(4,5)6)50-33-41(27-28-59-50)38-23-21-37(3)22-24-38;/h13-28,30-36,62H,1-12H3;/q-1;/i3D3,36D;. The van der Waals surface area contributed by atoms with Gasteiger partial charge in [0, 0.05) is 49.6 Å². The molecule has 0 spiro atoms. The summed E-state index contributed by atoms with van der Waals surface area (Å²) in [5, 5.41) is 12.5. The van der Waals surface area contributed by atoms with Crippen molar-refractivity contribution >= 4 is 11.0 Å². The second-order valence-electron chi connectivity index (χ2n) is 19.9. The van der Waals surface area contributed by atoms with E-state index in [0.29, 0.717) is 17.0 Å². The van der Waals surface area contributed by atoms with Gasteiger partial charge < -0.3 is 5.11 Å². The zero-order valence-corrected chi connectivity index (χ0v) is 40.6. The molecule has 0 fully saturated rings. The van der Waals surface area contributed by atoms with Gasteiger partial charge in [-0.3, -0.25) is 9.55 Å². The number of phenols is 1. The van der Waals surface area contributed by atoms with Gasteiger partial charge in [-0.2, -0.15) is 0 Å². The Morgan fingerprint density at radius 2 is 1.32 bits per heavy atom. The van der Waals surface area contributed by atoms with Crippen LogP contribution in [0.2, 0.25) is 0 Å². The smallest absolute Gasteiger partial charge is 0.148 e. The van der Waals surface area contributed by atoms with Crippen LogP contribution in [0.25, 0.3) is 72.7 Å². The van der Waals surface area contributed by atoms with Crippen LogP contribution in [0.4, 0.5) is 0 Å². The number of nitrogens with zero attached hydrogens (tertiary/aromatic N) is 3.